The van der Waals surface area contributed by atoms with Gasteiger partial charge in [-0.2, -0.15) is 0 Å². The van der Waals surface area contributed by atoms with Crippen molar-refractivity contribution in [2.75, 3.05) is 6.54 Å². The van der Waals surface area contributed by atoms with Crippen molar-refractivity contribution in [3.05, 3.63) is 70.2 Å². The highest BCUT2D eigenvalue weighted by molar-refractivity contribution is 9.10. The highest BCUT2D eigenvalue weighted by Crippen LogP contribution is 2.12. The van der Waals surface area contributed by atoms with Crippen LogP contribution in [0.15, 0.2) is 64.1 Å². The first-order chi connectivity index (χ1) is 8.75. The Hall–Kier alpha value is -1.45. The van der Waals surface area contributed by atoms with Gasteiger partial charge in [0.25, 0.3) is 0 Å². The van der Waals surface area contributed by atoms with E-state index in [0.29, 0.717) is 6.54 Å². The van der Waals surface area contributed by atoms with E-state index in [1.54, 1.807) is 6.21 Å². The quantitative estimate of drug-likeness (QED) is 0.860. The molecule has 0 bridgehead atoms. The first kappa shape index (κ1) is 13.0. The summed E-state index contributed by atoms with van der Waals surface area (Å²) >= 11 is 3.38. The largest absolute Gasteiger partial charge is 0.386 e. The number of nitrogens with zero attached hydrogens (tertiary/aromatic N) is 1. The third kappa shape index (κ3) is 3.79. The van der Waals surface area contributed by atoms with Gasteiger partial charge in [-0.05, 0) is 23.3 Å². The minimum atomic E-state index is -0.544. The Labute approximate surface area is 115 Å². The lowest BCUT2D eigenvalue weighted by Crippen LogP contribution is -2.01. The number of aliphatic hydroxyl groups excluding tert-OH is 1. The van der Waals surface area contributed by atoms with Crippen molar-refractivity contribution in [1.82, 2.24) is 0 Å². The van der Waals surface area contributed by atoms with E-state index in [4.69, 9.17) is 0 Å². The molecule has 0 aliphatic carbocycles. The predicted molar refractivity (Wildman–Crippen MR) is 78.0 cm³/mol. The molecule has 0 aromatic heterocycles. The van der Waals surface area contributed by atoms with Crippen molar-refractivity contribution in [1.29, 1.82) is 0 Å². The standard InChI is InChI=1S/C15H14BrNO/c16-14-8-6-12(7-9-14)10-17-11-15(18)13-4-2-1-3-5-13/h1-10,15,18H,11H2. The normalized spacial score (nSPS) is 12.8. The second-order valence-corrected chi connectivity index (χ2v) is 4.89. The van der Waals surface area contributed by atoms with Gasteiger partial charge in [0.15, 0.2) is 0 Å². The lowest BCUT2D eigenvalue weighted by atomic mass is 10.1. The van der Waals surface area contributed by atoms with Crippen LogP contribution in [-0.2, 0) is 0 Å². The zero-order chi connectivity index (χ0) is 12.8. The van der Waals surface area contributed by atoms with Crippen molar-refractivity contribution in [3.8, 4) is 0 Å². The average molecular weight is 304 g/mol. The van der Waals surface area contributed by atoms with E-state index in [9.17, 15) is 5.11 Å². The molecule has 0 heterocycles. The van der Waals surface area contributed by atoms with Crippen molar-refractivity contribution in [3.63, 3.8) is 0 Å². The van der Waals surface area contributed by atoms with Gasteiger partial charge in [0.2, 0.25) is 0 Å². The topological polar surface area (TPSA) is 32.6 Å². The van der Waals surface area contributed by atoms with Crippen molar-refractivity contribution in [2.24, 2.45) is 4.99 Å². The van der Waals surface area contributed by atoms with E-state index in [1.165, 1.54) is 0 Å². The summed E-state index contributed by atoms with van der Waals surface area (Å²) in [5.74, 6) is 0. The number of hydrogen-bond donors (Lipinski definition) is 1. The highest BCUT2D eigenvalue weighted by Gasteiger charge is 2.04. The molecule has 0 radical (unpaired) electrons. The molecule has 3 heteroatoms. The summed E-state index contributed by atoms with van der Waals surface area (Å²) in [5, 5.41) is 9.92. The molecule has 2 aromatic carbocycles. The van der Waals surface area contributed by atoms with Gasteiger partial charge < -0.3 is 5.11 Å². The molecule has 0 aliphatic rings. The molecule has 2 nitrogen and oxygen atoms in total. The fourth-order valence-corrected chi connectivity index (χ4v) is 1.85. The molecular formula is C15H14BrNO. The minimum absolute atomic E-state index is 0.375. The summed E-state index contributed by atoms with van der Waals surface area (Å²) in [6.45, 7) is 0.375. The van der Waals surface area contributed by atoms with Crippen molar-refractivity contribution >= 4 is 22.1 Å². The van der Waals surface area contributed by atoms with E-state index in [0.717, 1.165) is 15.6 Å². The molecule has 1 N–H and O–H groups in total. The SMILES string of the molecule is OC(CN=Cc1ccc(Br)cc1)c1ccccc1. The highest BCUT2D eigenvalue weighted by atomic mass is 79.9. The Morgan fingerprint density at radius 3 is 2.39 bits per heavy atom. The second kappa shape index (κ2) is 6.47. The number of benzene rings is 2. The van der Waals surface area contributed by atoms with Gasteiger partial charge in [-0.3, -0.25) is 4.99 Å². The molecule has 0 saturated heterocycles. The van der Waals surface area contributed by atoms with Crippen LogP contribution in [0.2, 0.25) is 0 Å². The molecule has 0 spiro atoms. The van der Waals surface area contributed by atoms with Gasteiger partial charge in [-0.1, -0.05) is 58.4 Å². The van der Waals surface area contributed by atoms with E-state index in [2.05, 4.69) is 20.9 Å². The molecule has 1 unspecified atom stereocenters. The first-order valence-corrected chi connectivity index (χ1v) is 6.53. The maximum atomic E-state index is 9.92. The van der Waals surface area contributed by atoms with Crippen LogP contribution in [0.25, 0.3) is 0 Å². The molecule has 0 saturated carbocycles. The molecule has 18 heavy (non-hydrogen) atoms. The smallest absolute Gasteiger partial charge is 0.0985 e. The third-order valence-electron chi connectivity index (χ3n) is 2.57. The lowest BCUT2D eigenvalue weighted by Gasteiger charge is -2.07. The molecule has 0 aliphatic heterocycles. The Morgan fingerprint density at radius 1 is 1.06 bits per heavy atom. The van der Waals surface area contributed by atoms with Crippen molar-refractivity contribution < 1.29 is 5.11 Å². The number of aliphatic hydroxyl groups is 1. The van der Waals surface area contributed by atoms with Crippen LogP contribution < -0.4 is 0 Å². The monoisotopic (exact) mass is 303 g/mol. The Morgan fingerprint density at radius 2 is 1.72 bits per heavy atom. The van der Waals surface area contributed by atoms with Crippen molar-refractivity contribution in [2.45, 2.75) is 6.10 Å². The number of hydrogen-bond acceptors (Lipinski definition) is 2. The Kier molecular flexibility index (Phi) is 4.67. The fourth-order valence-electron chi connectivity index (χ4n) is 1.59. The molecule has 1 atom stereocenters. The Bertz CT molecular complexity index is 508. The van der Waals surface area contributed by atoms with Crippen LogP contribution in [-0.4, -0.2) is 17.9 Å². The van der Waals surface area contributed by atoms with Gasteiger partial charge in [-0.25, -0.2) is 0 Å². The maximum Gasteiger partial charge on any atom is 0.0985 e. The maximum absolute atomic E-state index is 9.92. The van der Waals surface area contributed by atoms with Crippen LogP contribution in [0.5, 0.6) is 0 Å². The summed E-state index contributed by atoms with van der Waals surface area (Å²) in [4.78, 5) is 4.26. The zero-order valence-corrected chi connectivity index (χ0v) is 11.4. The number of rotatable bonds is 4. The zero-order valence-electron chi connectivity index (χ0n) is 9.83. The van der Waals surface area contributed by atoms with E-state index in [1.807, 2.05) is 54.6 Å². The average Bonchev–Trinajstić information content (AvgIpc) is 2.42. The minimum Gasteiger partial charge on any atom is -0.386 e. The summed E-state index contributed by atoms with van der Waals surface area (Å²) < 4.78 is 1.05. The Balaban J connectivity index is 1.93. The van der Waals surface area contributed by atoms with Gasteiger partial charge in [0.1, 0.15) is 0 Å². The number of aliphatic imine (C=N–C) groups is 1. The van der Waals surface area contributed by atoms with Crippen LogP contribution in [0.1, 0.15) is 17.2 Å². The van der Waals surface area contributed by atoms with Gasteiger partial charge >= 0.3 is 0 Å². The van der Waals surface area contributed by atoms with Gasteiger partial charge in [-0.15, -0.1) is 0 Å². The number of halogens is 1. The van der Waals surface area contributed by atoms with Crippen LogP contribution in [0, 0.1) is 0 Å². The van der Waals surface area contributed by atoms with Crippen LogP contribution >= 0.6 is 15.9 Å². The van der Waals surface area contributed by atoms with Gasteiger partial charge in [0.05, 0.1) is 12.6 Å². The molecular weight excluding hydrogens is 290 g/mol. The third-order valence-corrected chi connectivity index (χ3v) is 3.10. The summed E-state index contributed by atoms with van der Waals surface area (Å²) in [5.41, 5.74) is 1.92. The van der Waals surface area contributed by atoms with E-state index >= 15 is 0 Å². The molecule has 0 fully saturated rings. The van der Waals surface area contributed by atoms with E-state index in [-0.39, 0.29) is 0 Å². The molecule has 0 amide bonds. The van der Waals surface area contributed by atoms with Crippen LogP contribution in [0.3, 0.4) is 0 Å². The fraction of sp³-hybridized carbons (Fsp3) is 0.133. The summed E-state index contributed by atoms with van der Waals surface area (Å²) in [6.07, 6.45) is 1.23. The summed E-state index contributed by atoms with van der Waals surface area (Å²) in [6, 6.07) is 17.4. The van der Waals surface area contributed by atoms with E-state index < -0.39 is 6.10 Å². The lowest BCUT2D eigenvalue weighted by molar-refractivity contribution is 0.187. The van der Waals surface area contributed by atoms with Gasteiger partial charge in [0, 0.05) is 10.7 Å². The summed E-state index contributed by atoms with van der Waals surface area (Å²) in [7, 11) is 0. The second-order valence-electron chi connectivity index (χ2n) is 3.97. The molecule has 2 rings (SSSR count). The molecule has 92 valence electrons. The predicted octanol–water partition coefficient (Wildman–Crippen LogP) is 3.60. The van der Waals surface area contributed by atoms with Crippen LogP contribution in [0.4, 0.5) is 0 Å². The first-order valence-electron chi connectivity index (χ1n) is 5.74. The molecule has 2 aromatic rings.